The number of hydrogen-bond donors (Lipinski definition) is 1. The third-order valence-electron chi connectivity index (χ3n) is 4.06. The first-order valence-corrected chi connectivity index (χ1v) is 8.47. The molecular formula is C15H27N3S. The number of nitrogens with zero attached hydrogens (tertiary/aromatic N) is 2. The highest BCUT2D eigenvalue weighted by molar-refractivity contribution is 7.09. The highest BCUT2D eigenvalue weighted by Gasteiger charge is 2.34. The number of rotatable bonds is 7. The second-order valence-electron chi connectivity index (χ2n) is 6.42. The highest BCUT2D eigenvalue weighted by Crippen LogP contribution is 2.43. The van der Waals surface area contributed by atoms with Gasteiger partial charge < -0.3 is 5.32 Å². The Morgan fingerprint density at radius 3 is 2.68 bits per heavy atom. The topological polar surface area (TPSA) is 37.8 Å². The Bertz CT molecular complexity index is 380. The van der Waals surface area contributed by atoms with Crippen molar-refractivity contribution in [3.8, 4) is 0 Å². The Balaban J connectivity index is 1.90. The standard InChI is InChI=1S/C15H27N3S/c1-4-7-13-17-14(19-18-13)16-11-15(10-12(2)3)8-5-6-9-15/h12H,4-11H2,1-3H3,(H,16,17,18). The van der Waals surface area contributed by atoms with E-state index < -0.39 is 0 Å². The van der Waals surface area contributed by atoms with Crippen molar-refractivity contribution in [2.45, 2.75) is 65.7 Å². The molecule has 1 heterocycles. The largest absolute Gasteiger partial charge is 0.360 e. The zero-order chi connectivity index (χ0) is 13.7. The van der Waals surface area contributed by atoms with E-state index in [0.717, 1.165) is 36.3 Å². The minimum Gasteiger partial charge on any atom is -0.360 e. The SMILES string of the molecule is CCCc1nsc(NCC2(CC(C)C)CCCC2)n1. The van der Waals surface area contributed by atoms with Gasteiger partial charge in [0.1, 0.15) is 5.82 Å². The van der Waals surface area contributed by atoms with Crippen LogP contribution in [0.5, 0.6) is 0 Å². The fourth-order valence-corrected chi connectivity index (χ4v) is 3.96. The van der Waals surface area contributed by atoms with Crippen molar-refractivity contribution >= 4 is 16.7 Å². The van der Waals surface area contributed by atoms with Gasteiger partial charge in [-0.25, -0.2) is 4.98 Å². The second kappa shape index (κ2) is 6.69. The predicted molar refractivity (Wildman–Crippen MR) is 82.7 cm³/mol. The summed E-state index contributed by atoms with van der Waals surface area (Å²) in [5.74, 6) is 1.78. The van der Waals surface area contributed by atoms with Gasteiger partial charge in [0.25, 0.3) is 0 Å². The summed E-state index contributed by atoms with van der Waals surface area (Å²) in [5.41, 5.74) is 0.505. The van der Waals surface area contributed by atoms with Crippen LogP contribution in [0.3, 0.4) is 0 Å². The molecule has 0 unspecified atom stereocenters. The first-order chi connectivity index (χ1) is 9.13. The minimum absolute atomic E-state index is 0.505. The lowest BCUT2D eigenvalue weighted by molar-refractivity contribution is 0.252. The summed E-state index contributed by atoms with van der Waals surface area (Å²) in [7, 11) is 0. The minimum atomic E-state index is 0.505. The van der Waals surface area contributed by atoms with E-state index in [1.54, 1.807) is 0 Å². The maximum atomic E-state index is 4.57. The third-order valence-corrected chi connectivity index (χ3v) is 4.77. The molecule has 1 aliphatic rings. The molecule has 0 radical (unpaired) electrons. The van der Waals surface area contributed by atoms with Gasteiger partial charge in [-0.1, -0.05) is 33.6 Å². The molecule has 0 atom stereocenters. The Hall–Kier alpha value is -0.640. The molecule has 1 N–H and O–H groups in total. The average molecular weight is 281 g/mol. The Labute approximate surface area is 121 Å². The lowest BCUT2D eigenvalue weighted by Crippen LogP contribution is -2.28. The molecular weight excluding hydrogens is 254 g/mol. The smallest absolute Gasteiger partial charge is 0.202 e. The van der Waals surface area contributed by atoms with Gasteiger partial charge in [-0.15, -0.1) is 0 Å². The van der Waals surface area contributed by atoms with Gasteiger partial charge >= 0.3 is 0 Å². The van der Waals surface area contributed by atoms with Gasteiger partial charge in [0.2, 0.25) is 5.13 Å². The van der Waals surface area contributed by atoms with E-state index in [-0.39, 0.29) is 0 Å². The van der Waals surface area contributed by atoms with Crippen molar-refractivity contribution in [2.75, 3.05) is 11.9 Å². The lowest BCUT2D eigenvalue weighted by Gasteiger charge is -2.31. The summed E-state index contributed by atoms with van der Waals surface area (Å²) < 4.78 is 4.40. The molecule has 0 bridgehead atoms. The van der Waals surface area contributed by atoms with E-state index in [4.69, 9.17) is 0 Å². The summed E-state index contributed by atoms with van der Waals surface area (Å²) in [4.78, 5) is 4.57. The number of aryl methyl sites for hydroxylation is 1. The van der Waals surface area contributed by atoms with Gasteiger partial charge in [0, 0.05) is 24.5 Å². The molecule has 0 aliphatic heterocycles. The second-order valence-corrected chi connectivity index (χ2v) is 7.18. The van der Waals surface area contributed by atoms with Crippen molar-refractivity contribution in [3.05, 3.63) is 5.82 Å². The molecule has 0 spiro atoms. The molecule has 19 heavy (non-hydrogen) atoms. The third kappa shape index (κ3) is 4.16. The van der Waals surface area contributed by atoms with Crippen LogP contribution < -0.4 is 5.32 Å². The molecule has 1 saturated carbocycles. The predicted octanol–water partition coefficient (Wildman–Crippen LogP) is 4.51. The van der Waals surface area contributed by atoms with Gasteiger partial charge in [-0.2, -0.15) is 4.37 Å². The van der Waals surface area contributed by atoms with Crippen LogP contribution in [0, 0.1) is 11.3 Å². The summed E-state index contributed by atoms with van der Waals surface area (Å²) in [6, 6.07) is 0. The molecule has 1 aliphatic carbocycles. The first-order valence-electron chi connectivity index (χ1n) is 7.70. The molecule has 1 aromatic rings. The zero-order valence-corrected chi connectivity index (χ0v) is 13.4. The van der Waals surface area contributed by atoms with Gasteiger partial charge in [0.05, 0.1) is 0 Å². The van der Waals surface area contributed by atoms with E-state index in [2.05, 4.69) is 35.4 Å². The molecule has 3 nitrogen and oxygen atoms in total. The fourth-order valence-electron chi connectivity index (χ4n) is 3.36. The summed E-state index contributed by atoms with van der Waals surface area (Å²) in [6.45, 7) is 7.92. The van der Waals surface area contributed by atoms with Crippen LogP contribution in [-0.4, -0.2) is 15.9 Å². The molecule has 1 aromatic heterocycles. The highest BCUT2D eigenvalue weighted by atomic mass is 32.1. The summed E-state index contributed by atoms with van der Waals surface area (Å²) in [5, 5.41) is 4.57. The van der Waals surface area contributed by atoms with Crippen LogP contribution >= 0.6 is 11.5 Å². The van der Waals surface area contributed by atoms with Crippen LogP contribution in [-0.2, 0) is 6.42 Å². The monoisotopic (exact) mass is 281 g/mol. The van der Waals surface area contributed by atoms with E-state index in [1.807, 2.05) is 0 Å². The van der Waals surface area contributed by atoms with Gasteiger partial charge in [0.15, 0.2) is 0 Å². The molecule has 2 rings (SSSR count). The number of anilines is 1. The van der Waals surface area contributed by atoms with Crippen molar-refractivity contribution in [1.82, 2.24) is 9.36 Å². The Morgan fingerprint density at radius 1 is 1.32 bits per heavy atom. The summed E-state index contributed by atoms with van der Waals surface area (Å²) >= 11 is 1.52. The normalized spacial score (nSPS) is 18.1. The molecule has 1 fully saturated rings. The number of nitrogens with one attached hydrogen (secondary N) is 1. The maximum absolute atomic E-state index is 4.57. The first kappa shape index (κ1) is 14.8. The summed E-state index contributed by atoms with van der Waals surface area (Å²) in [6.07, 6.45) is 8.98. The fraction of sp³-hybridized carbons (Fsp3) is 0.867. The molecule has 108 valence electrons. The van der Waals surface area contributed by atoms with E-state index in [9.17, 15) is 0 Å². The maximum Gasteiger partial charge on any atom is 0.202 e. The van der Waals surface area contributed by atoms with E-state index in [0.29, 0.717) is 5.41 Å². The Morgan fingerprint density at radius 2 is 2.05 bits per heavy atom. The van der Waals surface area contributed by atoms with Crippen molar-refractivity contribution in [1.29, 1.82) is 0 Å². The van der Waals surface area contributed by atoms with Gasteiger partial charge in [-0.3, -0.25) is 0 Å². The van der Waals surface area contributed by atoms with Crippen LogP contribution in [0.4, 0.5) is 5.13 Å². The lowest BCUT2D eigenvalue weighted by atomic mass is 9.78. The number of hydrogen-bond acceptors (Lipinski definition) is 4. The van der Waals surface area contributed by atoms with Gasteiger partial charge in [-0.05, 0) is 37.0 Å². The molecule has 0 aromatic carbocycles. The Kier molecular flexibility index (Phi) is 5.20. The van der Waals surface area contributed by atoms with Crippen LogP contribution in [0.25, 0.3) is 0 Å². The number of aromatic nitrogens is 2. The quantitative estimate of drug-likeness (QED) is 0.799. The molecule has 0 saturated heterocycles. The van der Waals surface area contributed by atoms with Crippen molar-refractivity contribution in [2.24, 2.45) is 11.3 Å². The van der Waals surface area contributed by atoms with Crippen LogP contribution in [0.15, 0.2) is 0 Å². The van der Waals surface area contributed by atoms with Crippen molar-refractivity contribution < 1.29 is 0 Å². The molecule has 0 amide bonds. The van der Waals surface area contributed by atoms with Crippen molar-refractivity contribution in [3.63, 3.8) is 0 Å². The average Bonchev–Trinajstić information content (AvgIpc) is 2.97. The van der Waals surface area contributed by atoms with E-state index in [1.165, 1.54) is 43.6 Å². The van der Waals surface area contributed by atoms with E-state index >= 15 is 0 Å². The van der Waals surface area contributed by atoms with Crippen LogP contribution in [0.2, 0.25) is 0 Å². The molecule has 4 heteroatoms. The zero-order valence-electron chi connectivity index (χ0n) is 12.5. The van der Waals surface area contributed by atoms with Crippen LogP contribution in [0.1, 0.15) is 65.1 Å².